The fourth-order valence-corrected chi connectivity index (χ4v) is 4.03. The summed E-state index contributed by atoms with van der Waals surface area (Å²) < 4.78 is 16.5. The quantitative estimate of drug-likeness (QED) is 0.762. The summed E-state index contributed by atoms with van der Waals surface area (Å²) in [4.78, 5) is 25.4. The highest BCUT2D eigenvalue weighted by Gasteiger charge is 2.39. The van der Waals surface area contributed by atoms with Crippen LogP contribution in [0.1, 0.15) is 36.3 Å². The molecule has 2 aromatic rings. The van der Waals surface area contributed by atoms with Crippen LogP contribution >= 0.6 is 0 Å². The minimum Gasteiger partial charge on any atom is -0.493 e. The van der Waals surface area contributed by atoms with E-state index >= 15 is 0 Å². The number of benzene rings is 1. The van der Waals surface area contributed by atoms with Crippen molar-refractivity contribution in [3.63, 3.8) is 0 Å². The van der Waals surface area contributed by atoms with Crippen LogP contribution in [0.2, 0.25) is 0 Å². The van der Waals surface area contributed by atoms with E-state index in [0.29, 0.717) is 46.2 Å². The molecule has 27 heavy (non-hydrogen) atoms. The second kappa shape index (κ2) is 6.53. The molecule has 4 rings (SSSR count). The average Bonchev–Trinajstić information content (AvgIpc) is 3.05. The lowest BCUT2D eigenvalue weighted by atomic mass is 9.76. The Kier molecular flexibility index (Phi) is 4.18. The van der Waals surface area contributed by atoms with Crippen LogP contribution < -0.4 is 25.1 Å². The number of anilines is 1. The summed E-state index contributed by atoms with van der Waals surface area (Å²) in [6, 6.07) is 3.58. The summed E-state index contributed by atoms with van der Waals surface area (Å²) in [5, 5.41) is 8.70. The first-order valence-electron chi connectivity index (χ1n) is 8.73. The van der Waals surface area contributed by atoms with Gasteiger partial charge in [0.05, 0.1) is 32.8 Å². The predicted octanol–water partition coefficient (Wildman–Crippen LogP) is 2.29. The molecule has 1 aliphatic heterocycles. The van der Waals surface area contributed by atoms with E-state index in [2.05, 4.69) is 15.5 Å². The zero-order chi connectivity index (χ0) is 19.1. The largest absolute Gasteiger partial charge is 0.493 e. The number of ketones is 1. The average molecular weight is 371 g/mol. The Morgan fingerprint density at radius 2 is 1.74 bits per heavy atom. The first kappa shape index (κ1) is 17.3. The lowest BCUT2D eigenvalue weighted by Crippen LogP contribution is -2.29. The Balaban J connectivity index is 2.01. The van der Waals surface area contributed by atoms with E-state index in [1.165, 1.54) is 14.2 Å². The van der Waals surface area contributed by atoms with E-state index in [-0.39, 0.29) is 11.3 Å². The van der Waals surface area contributed by atoms with Crippen molar-refractivity contribution in [3.8, 4) is 17.2 Å². The van der Waals surface area contributed by atoms with Crippen molar-refractivity contribution >= 4 is 11.6 Å². The molecule has 0 amide bonds. The molecule has 1 aliphatic carbocycles. The summed E-state index contributed by atoms with van der Waals surface area (Å²) in [6.45, 7) is 0. The third kappa shape index (κ3) is 2.51. The first-order valence-corrected chi connectivity index (χ1v) is 8.73. The second-order valence-electron chi connectivity index (χ2n) is 6.52. The smallest absolute Gasteiger partial charge is 0.270 e. The number of carbonyl (C=O) groups is 1. The van der Waals surface area contributed by atoms with E-state index in [0.717, 1.165) is 18.5 Å². The molecule has 0 spiro atoms. The maximum absolute atomic E-state index is 12.8. The molecule has 0 saturated heterocycles. The van der Waals surface area contributed by atoms with E-state index in [4.69, 9.17) is 14.2 Å². The van der Waals surface area contributed by atoms with Crippen molar-refractivity contribution in [2.45, 2.75) is 25.2 Å². The molecule has 8 heteroatoms. The molecule has 1 unspecified atom stereocenters. The van der Waals surface area contributed by atoms with Crippen LogP contribution in [-0.2, 0) is 4.79 Å². The Morgan fingerprint density at radius 3 is 2.44 bits per heavy atom. The first-order chi connectivity index (χ1) is 13.1. The summed E-state index contributed by atoms with van der Waals surface area (Å²) in [7, 11) is 4.60. The van der Waals surface area contributed by atoms with Gasteiger partial charge in [-0.2, -0.15) is 0 Å². The molecule has 142 valence electrons. The van der Waals surface area contributed by atoms with Gasteiger partial charge < -0.3 is 19.5 Å². The lowest BCUT2D eigenvalue weighted by molar-refractivity contribution is -0.116. The van der Waals surface area contributed by atoms with Crippen LogP contribution in [0.5, 0.6) is 17.2 Å². The molecule has 1 aromatic carbocycles. The molecular weight excluding hydrogens is 350 g/mol. The van der Waals surface area contributed by atoms with Gasteiger partial charge in [-0.3, -0.25) is 19.8 Å². The highest BCUT2D eigenvalue weighted by molar-refractivity contribution is 6.01. The zero-order valence-electron chi connectivity index (χ0n) is 15.4. The number of Topliss-reactive ketones (excluding diaryl/α,β-unsaturated/α-hetero) is 1. The summed E-state index contributed by atoms with van der Waals surface area (Å²) >= 11 is 0. The number of hydrogen-bond donors (Lipinski definition) is 3. The van der Waals surface area contributed by atoms with Gasteiger partial charge in [-0.25, -0.2) is 0 Å². The summed E-state index contributed by atoms with van der Waals surface area (Å²) in [6.07, 6.45) is 1.99. The van der Waals surface area contributed by atoms with Gasteiger partial charge in [-0.05, 0) is 18.9 Å². The number of H-pyrrole nitrogens is 2. The SMILES string of the molecule is COc1ccc(C2C3=C(CCCC3=O)Nc3[nH][nH]c(=O)c32)c(OC)c1OC. The molecule has 2 aliphatic rings. The highest BCUT2D eigenvalue weighted by Crippen LogP contribution is 2.50. The van der Waals surface area contributed by atoms with Gasteiger partial charge in [-0.15, -0.1) is 0 Å². The van der Waals surface area contributed by atoms with Crippen LogP contribution in [0.15, 0.2) is 28.2 Å². The molecule has 0 bridgehead atoms. The summed E-state index contributed by atoms with van der Waals surface area (Å²) in [5.74, 6) is 1.45. The van der Waals surface area contributed by atoms with E-state index in [1.807, 2.05) is 6.07 Å². The molecule has 1 aromatic heterocycles. The van der Waals surface area contributed by atoms with Crippen LogP contribution in [0.25, 0.3) is 0 Å². The standard InChI is InChI=1S/C19H21N3O5/c1-25-12-8-7-9(16(26-2)17(12)27-3)13-14-10(5-4-6-11(14)23)20-18-15(13)19(24)22-21-18/h7-8,13H,4-6H2,1-3H3,(H3,20,21,22,24). The van der Waals surface area contributed by atoms with Crippen molar-refractivity contribution in [3.05, 3.63) is 44.9 Å². The van der Waals surface area contributed by atoms with Gasteiger partial charge in [0.15, 0.2) is 17.3 Å². The Labute approximate surface area is 155 Å². The third-order valence-electron chi connectivity index (χ3n) is 5.17. The number of hydrogen-bond acceptors (Lipinski definition) is 6. The number of ether oxygens (including phenoxy) is 3. The minimum atomic E-state index is -0.547. The van der Waals surface area contributed by atoms with Gasteiger partial charge in [0.25, 0.3) is 5.56 Å². The van der Waals surface area contributed by atoms with Crippen molar-refractivity contribution in [2.24, 2.45) is 0 Å². The number of rotatable bonds is 4. The molecule has 0 fully saturated rings. The van der Waals surface area contributed by atoms with Gasteiger partial charge >= 0.3 is 0 Å². The predicted molar refractivity (Wildman–Crippen MR) is 98.9 cm³/mol. The second-order valence-corrected chi connectivity index (χ2v) is 6.52. The van der Waals surface area contributed by atoms with E-state index < -0.39 is 5.92 Å². The van der Waals surface area contributed by atoms with Crippen molar-refractivity contribution in [1.82, 2.24) is 10.2 Å². The molecule has 0 saturated carbocycles. The van der Waals surface area contributed by atoms with E-state index in [9.17, 15) is 9.59 Å². The van der Waals surface area contributed by atoms with Gasteiger partial charge in [0, 0.05) is 23.3 Å². The number of methoxy groups -OCH3 is 3. The molecule has 3 N–H and O–H groups in total. The fraction of sp³-hybridized carbons (Fsp3) is 0.368. The molecule has 1 atom stereocenters. The number of carbonyl (C=O) groups excluding carboxylic acids is 1. The highest BCUT2D eigenvalue weighted by atomic mass is 16.5. The molecule has 8 nitrogen and oxygen atoms in total. The topological polar surface area (TPSA) is 105 Å². The van der Waals surface area contributed by atoms with Crippen molar-refractivity contribution in [1.29, 1.82) is 0 Å². The Hall–Kier alpha value is -3.16. The number of aromatic amines is 2. The van der Waals surface area contributed by atoms with E-state index in [1.54, 1.807) is 13.2 Å². The zero-order valence-corrected chi connectivity index (χ0v) is 15.4. The normalized spacial score (nSPS) is 18.5. The Morgan fingerprint density at radius 1 is 0.963 bits per heavy atom. The van der Waals surface area contributed by atoms with Gasteiger partial charge in [-0.1, -0.05) is 6.07 Å². The minimum absolute atomic E-state index is 0.0387. The van der Waals surface area contributed by atoms with Gasteiger partial charge in [0.1, 0.15) is 5.82 Å². The maximum atomic E-state index is 12.8. The van der Waals surface area contributed by atoms with Crippen LogP contribution in [0.3, 0.4) is 0 Å². The van der Waals surface area contributed by atoms with Crippen LogP contribution in [0.4, 0.5) is 5.82 Å². The fourth-order valence-electron chi connectivity index (χ4n) is 4.03. The summed E-state index contributed by atoms with van der Waals surface area (Å²) in [5.41, 5.74) is 2.34. The monoisotopic (exact) mass is 371 g/mol. The number of aromatic nitrogens is 2. The number of nitrogens with one attached hydrogen (secondary N) is 3. The Bertz CT molecular complexity index is 1000. The molecular formula is C19H21N3O5. The maximum Gasteiger partial charge on any atom is 0.270 e. The molecule has 2 heterocycles. The van der Waals surface area contributed by atoms with Crippen LogP contribution in [-0.4, -0.2) is 37.3 Å². The number of fused-ring (bicyclic) bond motifs is 1. The number of allylic oxidation sites excluding steroid dienone is 2. The lowest BCUT2D eigenvalue weighted by Gasteiger charge is -2.32. The third-order valence-corrected chi connectivity index (χ3v) is 5.17. The van der Waals surface area contributed by atoms with Crippen LogP contribution in [0, 0.1) is 0 Å². The molecule has 0 radical (unpaired) electrons. The van der Waals surface area contributed by atoms with Gasteiger partial charge in [0.2, 0.25) is 5.75 Å². The van der Waals surface area contributed by atoms with Crippen molar-refractivity contribution in [2.75, 3.05) is 26.6 Å². The van der Waals surface area contributed by atoms with Crippen molar-refractivity contribution < 1.29 is 19.0 Å².